The summed E-state index contributed by atoms with van der Waals surface area (Å²) >= 11 is 0. The van der Waals surface area contributed by atoms with E-state index in [4.69, 9.17) is 14.2 Å². The van der Waals surface area contributed by atoms with Crippen LogP contribution in [-0.2, 0) is 14.2 Å². The molecular weight excluding hydrogens is 326 g/mol. The van der Waals surface area contributed by atoms with Crippen molar-refractivity contribution in [3.8, 4) is 0 Å². The molecular formula is C18H33NO6. The van der Waals surface area contributed by atoms with Crippen LogP contribution < -0.4 is 0 Å². The summed E-state index contributed by atoms with van der Waals surface area (Å²) < 4.78 is 16.2. The van der Waals surface area contributed by atoms with Gasteiger partial charge in [0.1, 0.15) is 16.8 Å². The summed E-state index contributed by atoms with van der Waals surface area (Å²) in [4.78, 5) is 26.0. The Morgan fingerprint density at radius 1 is 1.12 bits per heavy atom. The first kappa shape index (κ1) is 21.5. The number of piperidine rings is 1. The highest BCUT2D eigenvalue weighted by molar-refractivity contribution is 5.69. The first-order valence-electron chi connectivity index (χ1n) is 8.72. The Hall–Kier alpha value is -1.50. The normalized spacial score (nSPS) is 26.0. The fraction of sp³-hybridized carbons (Fsp3) is 0.889. The van der Waals surface area contributed by atoms with E-state index in [1.165, 1.54) is 4.90 Å². The van der Waals surface area contributed by atoms with Gasteiger partial charge < -0.3 is 19.3 Å². The van der Waals surface area contributed by atoms with Gasteiger partial charge in [0.15, 0.2) is 0 Å². The summed E-state index contributed by atoms with van der Waals surface area (Å²) in [5.74, 6) is 0. The van der Waals surface area contributed by atoms with Crippen molar-refractivity contribution in [3.05, 3.63) is 0 Å². The number of ether oxygens (including phenoxy) is 3. The number of likely N-dealkylation sites (tertiary alicyclic amines) is 1. The van der Waals surface area contributed by atoms with Crippen LogP contribution in [-0.4, -0.2) is 57.7 Å². The number of amides is 1. The Kier molecular flexibility index (Phi) is 6.37. The molecule has 0 unspecified atom stereocenters. The second kappa shape index (κ2) is 7.40. The van der Waals surface area contributed by atoms with Crippen molar-refractivity contribution in [1.82, 2.24) is 4.90 Å². The summed E-state index contributed by atoms with van der Waals surface area (Å²) in [7, 11) is 0. The molecule has 1 amide bonds. The highest BCUT2D eigenvalue weighted by atomic mass is 16.7. The molecule has 1 aliphatic rings. The highest BCUT2D eigenvalue weighted by Gasteiger charge is 2.44. The maximum atomic E-state index is 12.6. The molecule has 1 fully saturated rings. The van der Waals surface area contributed by atoms with Crippen LogP contribution in [0.15, 0.2) is 0 Å². The fourth-order valence-corrected chi connectivity index (χ4v) is 2.74. The molecule has 7 heteroatoms. The monoisotopic (exact) mass is 359 g/mol. The van der Waals surface area contributed by atoms with Crippen LogP contribution >= 0.6 is 0 Å². The molecule has 0 radical (unpaired) electrons. The highest BCUT2D eigenvalue weighted by Crippen LogP contribution is 2.32. The summed E-state index contributed by atoms with van der Waals surface area (Å²) in [6, 6.07) is -0.384. The van der Waals surface area contributed by atoms with Gasteiger partial charge in [-0.1, -0.05) is 0 Å². The minimum absolute atomic E-state index is 0.136. The molecule has 0 saturated carbocycles. The molecule has 1 saturated heterocycles. The van der Waals surface area contributed by atoms with Gasteiger partial charge in [0.2, 0.25) is 0 Å². The van der Waals surface area contributed by atoms with Crippen LogP contribution in [0.3, 0.4) is 0 Å². The maximum Gasteiger partial charge on any atom is 0.509 e. The lowest BCUT2D eigenvalue weighted by molar-refractivity contribution is -0.104. The first-order valence-corrected chi connectivity index (χ1v) is 8.72. The van der Waals surface area contributed by atoms with Gasteiger partial charge in [-0.2, -0.15) is 0 Å². The van der Waals surface area contributed by atoms with Crippen LogP contribution in [0.2, 0.25) is 0 Å². The van der Waals surface area contributed by atoms with Gasteiger partial charge in [-0.15, -0.1) is 0 Å². The number of nitrogens with zero attached hydrogens (tertiary/aromatic N) is 1. The summed E-state index contributed by atoms with van der Waals surface area (Å²) in [6.07, 6.45) is -0.998. The summed E-state index contributed by atoms with van der Waals surface area (Å²) in [5.41, 5.74) is -2.21. The van der Waals surface area contributed by atoms with Crippen LogP contribution in [0.1, 0.15) is 68.2 Å². The van der Waals surface area contributed by atoms with Gasteiger partial charge in [-0.25, -0.2) is 9.59 Å². The molecule has 1 aliphatic heterocycles. The van der Waals surface area contributed by atoms with Crippen molar-refractivity contribution in [3.63, 3.8) is 0 Å². The molecule has 1 rings (SSSR count). The van der Waals surface area contributed by atoms with Crippen molar-refractivity contribution >= 4 is 12.2 Å². The van der Waals surface area contributed by atoms with Gasteiger partial charge in [0.25, 0.3) is 0 Å². The Labute approximate surface area is 150 Å². The van der Waals surface area contributed by atoms with E-state index in [9.17, 15) is 14.7 Å². The van der Waals surface area contributed by atoms with Gasteiger partial charge in [-0.3, -0.25) is 4.90 Å². The van der Waals surface area contributed by atoms with E-state index >= 15 is 0 Å². The minimum atomic E-state index is -0.898. The molecule has 1 heterocycles. The summed E-state index contributed by atoms with van der Waals surface area (Å²) in [5, 5.41) is 10.0. The molecule has 3 atom stereocenters. The van der Waals surface area contributed by atoms with E-state index in [1.54, 1.807) is 55.4 Å². The number of aliphatic hydroxyl groups is 1. The number of hydrogen-bond acceptors (Lipinski definition) is 6. The Balaban J connectivity index is 2.89. The molecule has 0 aliphatic carbocycles. The number of rotatable bonds is 2. The number of carbonyl (C=O) groups is 2. The van der Waals surface area contributed by atoms with E-state index in [0.29, 0.717) is 12.8 Å². The molecule has 7 nitrogen and oxygen atoms in total. The molecule has 0 spiro atoms. The average Bonchev–Trinajstić information content (AvgIpc) is 2.32. The van der Waals surface area contributed by atoms with E-state index in [1.807, 2.05) is 0 Å². The second-order valence-corrected chi connectivity index (χ2v) is 8.97. The lowest BCUT2D eigenvalue weighted by Gasteiger charge is -2.45. The Morgan fingerprint density at radius 2 is 1.64 bits per heavy atom. The number of hydrogen-bond donors (Lipinski definition) is 1. The maximum absolute atomic E-state index is 12.6. The average molecular weight is 359 g/mol. The van der Waals surface area contributed by atoms with Crippen molar-refractivity contribution in [2.24, 2.45) is 0 Å². The molecule has 25 heavy (non-hydrogen) atoms. The molecule has 0 aromatic rings. The van der Waals surface area contributed by atoms with Gasteiger partial charge in [0.05, 0.1) is 18.7 Å². The van der Waals surface area contributed by atoms with Crippen molar-refractivity contribution in [2.45, 2.75) is 97.2 Å². The molecule has 0 aromatic carbocycles. The zero-order valence-electron chi connectivity index (χ0n) is 16.7. The smallest absolute Gasteiger partial charge is 0.444 e. The van der Waals surface area contributed by atoms with Crippen molar-refractivity contribution < 1.29 is 28.9 Å². The quantitative estimate of drug-likeness (QED) is 0.760. The third kappa shape index (κ3) is 7.10. The molecule has 146 valence electrons. The van der Waals surface area contributed by atoms with E-state index in [0.717, 1.165) is 0 Å². The van der Waals surface area contributed by atoms with E-state index in [2.05, 4.69) is 0 Å². The lowest BCUT2D eigenvalue weighted by Crippen LogP contribution is -2.59. The van der Waals surface area contributed by atoms with Crippen LogP contribution in [0.5, 0.6) is 0 Å². The zero-order chi connectivity index (χ0) is 19.6. The van der Waals surface area contributed by atoms with E-state index < -0.39 is 35.2 Å². The lowest BCUT2D eigenvalue weighted by atomic mass is 9.88. The van der Waals surface area contributed by atoms with E-state index in [-0.39, 0.29) is 12.6 Å². The molecule has 1 N–H and O–H groups in total. The third-order valence-corrected chi connectivity index (χ3v) is 3.78. The second-order valence-electron chi connectivity index (χ2n) is 8.97. The van der Waals surface area contributed by atoms with Gasteiger partial charge in [0, 0.05) is 0 Å². The third-order valence-electron chi connectivity index (χ3n) is 3.78. The summed E-state index contributed by atoms with van der Waals surface area (Å²) in [6.45, 7) is 14.1. The Bertz CT molecular complexity index is 491. The molecule has 0 bridgehead atoms. The largest absolute Gasteiger partial charge is 0.509 e. The van der Waals surface area contributed by atoms with Crippen LogP contribution in [0, 0.1) is 0 Å². The number of carbonyl (C=O) groups excluding carboxylic acids is 2. The fourth-order valence-electron chi connectivity index (χ4n) is 2.74. The molecule has 0 aromatic heterocycles. The Morgan fingerprint density at radius 3 is 2.08 bits per heavy atom. The number of aliphatic hydroxyl groups excluding tert-OH is 1. The van der Waals surface area contributed by atoms with Crippen molar-refractivity contribution in [2.75, 3.05) is 6.54 Å². The van der Waals surface area contributed by atoms with Gasteiger partial charge in [-0.05, 0) is 68.2 Å². The predicted molar refractivity (Wildman–Crippen MR) is 93.4 cm³/mol. The first-order chi connectivity index (χ1) is 11.1. The van der Waals surface area contributed by atoms with Gasteiger partial charge >= 0.3 is 12.2 Å². The van der Waals surface area contributed by atoms with Crippen molar-refractivity contribution in [1.29, 1.82) is 0 Å². The van der Waals surface area contributed by atoms with Crippen LogP contribution in [0.25, 0.3) is 0 Å². The zero-order valence-corrected chi connectivity index (χ0v) is 16.7. The standard InChI is InChI=1S/C18H33NO6/c1-12(20)13-9-10-18(8,25-15(22)24-17(5,6)7)11-19(13)14(21)23-16(2,3)4/h12-13,20H,9-11H2,1-8H3/t12-,13+,18+/m0/s1. The predicted octanol–water partition coefficient (Wildman–Crippen LogP) is 3.48. The minimum Gasteiger partial charge on any atom is -0.444 e. The SMILES string of the molecule is C[C@H](O)[C@H]1CC[C@@](C)(OC(=O)OC(C)(C)C)CN1C(=O)OC(C)(C)C. The topological polar surface area (TPSA) is 85.3 Å². The van der Waals surface area contributed by atoms with Crippen LogP contribution in [0.4, 0.5) is 9.59 Å².